The molecule has 0 atom stereocenters. The smallest absolute Gasteiger partial charge is 0.363 e. The summed E-state index contributed by atoms with van der Waals surface area (Å²) in [5, 5.41) is 2.35. The normalized spacial score (nSPS) is 10.0. The summed E-state index contributed by atoms with van der Waals surface area (Å²) < 4.78 is 14.9. The maximum Gasteiger partial charge on any atom is 0.363 e. The third kappa shape index (κ3) is 3.38. The Hall–Kier alpha value is -2.41. The molecule has 110 valence electrons. The van der Waals surface area contributed by atoms with E-state index in [1.807, 2.05) is 0 Å². The number of aromatic nitrogens is 1. The summed E-state index contributed by atoms with van der Waals surface area (Å²) in [5.41, 5.74) is 0.307. The van der Waals surface area contributed by atoms with Gasteiger partial charge in [-0.05, 0) is 25.1 Å². The van der Waals surface area contributed by atoms with Gasteiger partial charge in [0, 0.05) is 5.38 Å². The molecule has 6 nitrogen and oxygen atoms in total. The monoisotopic (exact) mass is 307 g/mol. The van der Waals surface area contributed by atoms with Crippen LogP contribution in [0, 0.1) is 6.92 Å². The molecular weight excluding hydrogens is 294 g/mol. The van der Waals surface area contributed by atoms with E-state index < -0.39 is 11.9 Å². The molecular formula is C14H13NO5S. The number of hydrogen-bond donors (Lipinski definition) is 0. The fourth-order valence-electron chi connectivity index (χ4n) is 1.60. The third-order valence-corrected chi connectivity index (χ3v) is 3.40. The molecule has 7 heteroatoms. The zero-order valence-electron chi connectivity index (χ0n) is 11.7. The van der Waals surface area contributed by atoms with Gasteiger partial charge in [0.05, 0.1) is 19.2 Å². The fraction of sp³-hybridized carbons (Fsp3) is 0.214. The van der Waals surface area contributed by atoms with E-state index in [2.05, 4.69) is 9.72 Å². The van der Waals surface area contributed by atoms with E-state index in [9.17, 15) is 9.59 Å². The molecule has 2 rings (SSSR count). The van der Waals surface area contributed by atoms with Crippen LogP contribution in [0.2, 0.25) is 0 Å². The van der Waals surface area contributed by atoms with Crippen molar-refractivity contribution in [1.82, 2.24) is 4.98 Å². The standard InChI is InChI=1S/C14H13NO5S/c1-8-15-11(7-21-8)14(17)20-12-5-4-9(18-2)6-10(12)13(16)19-3/h4-7H,1-3H3. The number of methoxy groups -OCH3 is 2. The topological polar surface area (TPSA) is 74.7 Å². The van der Waals surface area contributed by atoms with E-state index in [1.54, 1.807) is 18.4 Å². The predicted octanol–water partition coefficient (Wildman–Crippen LogP) is 2.47. The van der Waals surface area contributed by atoms with Crippen LogP contribution < -0.4 is 9.47 Å². The molecule has 0 aliphatic rings. The summed E-state index contributed by atoms with van der Waals surface area (Å²) >= 11 is 1.34. The lowest BCUT2D eigenvalue weighted by atomic mass is 10.2. The molecule has 0 N–H and O–H groups in total. The highest BCUT2D eigenvalue weighted by molar-refractivity contribution is 7.09. The second kappa shape index (κ2) is 6.36. The van der Waals surface area contributed by atoms with Crippen LogP contribution >= 0.6 is 11.3 Å². The number of carbonyl (C=O) groups is 2. The van der Waals surface area contributed by atoms with Crippen LogP contribution in [0.4, 0.5) is 0 Å². The number of hydrogen-bond acceptors (Lipinski definition) is 7. The van der Waals surface area contributed by atoms with Gasteiger partial charge in [-0.3, -0.25) is 0 Å². The Morgan fingerprint density at radius 3 is 2.52 bits per heavy atom. The Morgan fingerprint density at radius 1 is 1.19 bits per heavy atom. The first-order chi connectivity index (χ1) is 10.0. The Kier molecular flexibility index (Phi) is 4.54. The van der Waals surface area contributed by atoms with Gasteiger partial charge in [0.15, 0.2) is 5.69 Å². The van der Waals surface area contributed by atoms with Gasteiger partial charge in [-0.15, -0.1) is 11.3 Å². The first-order valence-corrected chi connectivity index (χ1v) is 6.83. The second-order valence-electron chi connectivity index (χ2n) is 3.99. The molecule has 0 aliphatic carbocycles. The zero-order valence-corrected chi connectivity index (χ0v) is 12.5. The quantitative estimate of drug-likeness (QED) is 0.638. The van der Waals surface area contributed by atoms with E-state index >= 15 is 0 Å². The molecule has 0 bridgehead atoms. The molecule has 1 aromatic carbocycles. The van der Waals surface area contributed by atoms with E-state index in [4.69, 9.17) is 9.47 Å². The molecule has 21 heavy (non-hydrogen) atoms. The Balaban J connectivity index is 2.30. The number of benzene rings is 1. The summed E-state index contributed by atoms with van der Waals surface area (Å²) in [7, 11) is 2.72. The van der Waals surface area contributed by atoms with Gasteiger partial charge in [-0.25, -0.2) is 14.6 Å². The van der Waals surface area contributed by atoms with E-state index in [1.165, 1.54) is 37.7 Å². The van der Waals surface area contributed by atoms with E-state index in [-0.39, 0.29) is 17.0 Å². The number of nitrogens with zero attached hydrogens (tertiary/aromatic N) is 1. The van der Waals surface area contributed by atoms with Gasteiger partial charge in [-0.1, -0.05) is 0 Å². The minimum atomic E-state index is -0.630. The Bertz CT molecular complexity index is 680. The summed E-state index contributed by atoms with van der Waals surface area (Å²) in [4.78, 5) is 27.8. The zero-order chi connectivity index (χ0) is 15.4. The minimum absolute atomic E-state index is 0.0957. The second-order valence-corrected chi connectivity index (χ2v) is 5.06. The molecule has 1 aromatic heterocycles. The SMILES string of the molecule is COC(=O)c1cc(OC)ccc1OC(=O)c1csc(C)n1. The lowest BCUT2D eigenvalue weighted by Gasteiger charge is -2.09. The van der Waals surface area contributed by atoms with Gasteiger partial charge in [0.2, 0.25) is 0 Å². The van der Waals surface area contributed by atoms with Crippen LogP contribution in [-0.2, 0) is 4.74 Å². The number of aryl methyl sites for hydroxylation is 1. The van der Waals surface area contributed by atoms with E-state index in [0.717, 1.165) is 5.01 Å². The van der Waals surface area contributed by atoms with Crippen LogP contribution in [0.1, 0.15) is 25.9 Å². The lowest BCUT2D eigenvalue weighted by Crippen LogP contribution is -2.13. The molecule has 0 unspecified atom stereocenters. The molecule has 0 radical (unpaired) electrons. The average molecular weight is 307 g/mol. The minimum Gasteiger partial charge on any atom is -0.497 e. The van der Waals surface area contributed by atoms with E-state index in [0.29, 0.717) is 5.75 Å². The molecule has 0 amide bonds. The predicted molar refractivity (Wildman–Crippen MR) is 76.1 cm³/mol. The van der Waals surface area contributed by atoms with Crippen LogP contribution in [0.3, 0.4) is 0 Å². The first-order valence-electron chi connectivity index (χ1n) is 5.95. The van der Waals surface area contributed by atoms with Crippen molar-refractivity contribution in [3.63, 3.8) is 0 Å². The highest BCUT2D eigenvalue weighted by atomic mass is 32.1. The van der Waals surface area contributed by atoms with Crippen molar-refractivity contribution in [3.05, 3.63) is 39.8 Å². The summed E-state index contributed by atoms with van der Waals surface area (Å²) in [5.74, 6) is -0.696. The first kappa shape index (κ1) is 15.0. The molecule has 0 spiro atoms. The van der Waals surface area contributed by atoms with Crippen LogP contribution in [0.25, 0.3) is 0 Å². The van der Waals surface area contributed by atoms with Crippen molar-refractivity contribution in [2.75, 3.05) is 14.2 Å². The maximum atomic E-state index is 12.0. The molecule has 0 aliphatic heterocycles. The third-order valence-electron chi connectivity index (χ3n) is 2.62. The largest absolute Gasteiger partial charge is 0.497 e. The fourth-order valence-corrected chi connectivity index (χ4v) is 2.19. The van der Waals surface area contributed by atoms with Crippen LogP contribution in [0.5, 0.6) is 11.5 Å². The molecule has 0 saturated carbocycles. The van der Waals surface area contributed by atoms with Crippen molar-refractivity contribution in [2.24, 2.45) is 0 Å². The Labute approximate surface area is 125 Å². The van der Waals surface area contributed by atoms with Crippen molar-refractivity contribution in [3.8, 4) is 11.5 Å². The summed E-state index contributed by atoms with van der Waals surface area (Å²) in [6.07, 6.45) is 0. The number of thiazole rings is 1. The Morgan fingerprint density at radius 2 is 1.95 bits per heavy atom. The number of ether oxygens (including phenoxy) is 3. The van der Waals surface area contributed by atoms with Crippen molar-refractivity contribution >= 4 is 23.3 Å². The van der Waals surface area contributed by atoms with Gasteiger partial charge >= 0.3 is 11.9 Å². The molecule has 0 saturated heterocycles. The lowest BCUT2D eigenvalue weighted by molar-refractivity contribution is 0.0592. The van der Waals surface area contributed by atoms with Gasteiger partial charge in [0.25, 0.3) is 0 Å². The molecule has 1 heterocycles. The summed E-state index contributed by atoms with van der Waals surface area (Å²) in [6.45, 7) is 1.79. The van der Waals surface area contributed by atoms with Gasteiger partial charge < -0.3 is 14.2 Å². The highest BCUT2D eigenvalue weighted by Gasteiger charge is 2.19. The van der Waals surface area contributed by atoms with Crippen molar-refractivity contribution < 1.29 is 23.8 Å². The average Bonchev–Trinajstić information content (AvgIpc) is 2.93. The maximum absolute atomic E-state index is 12.0. The van der Waals surface area contributed by atoms with Crippen molar-refractivity contribution in [2.45, 2.75) is 6.92 Å². The van der Waals surface area contributed by atoms with Crippen molar-refractivity contribution in [1.29, 1.82) is 0 Å². The number of carbonyl (C=O) groups excluding carboxylic acids is 2. The van der Waals surface area contributed by atoms with Gasteiger partial charge in [-0.2, -0.15) is 0 Å². The molecule has 2 aromatic rings. The van der Waals surface area contributed by atoms with Crippen LogP contribution in [-0.4, -0.2) is 31.1 Å². The summed E-state index contributed by atoms with van der Waals surface area (Å²) in [6, 6.07) is 4.50. The number of esters is 2. The number of rotatable bonds is 4. The van der Waals surface area contributed by atoms with Crippen LogP contribution in [0.15, 0.2) is 23.6 Å². The van der Waals surface area contributed by atoms with Gasteiger partial charge in [0.1, 0.15) is 17.1 Å². The highest BCUT2D eigenvalue weighted by Crippen LogP contribution is 2.26. The molecule has 0 fully saturated rings.